The highest BCUT2D eigenvalue weighted by atomic mass is 32.1. The SMILES string of the molecule is COc1cc2[s+]c3ccccc3c(-c3ccccc3)c2cc1OC. The first-order valence-electron chi connectivity index (χ1n) is 7.78. The summed E-state index contributed by atoms with van der Waals surface area (Å²) in [6.07, 6.45) is 0. The van der Waals surface area contributed by atoms with Gasteiger partial charge in [0.25, 0.3) is 0 Å². The number of rotatable bonds is 3. The van der Waals surface area contributed by atoms with Crippen molar-refractivity contribution in [1.82, 2.24) is 0 Å². The molecule has 1 aromatic heterocycles. The number of fused-ring (bicyclic) bond motifs is 2. The first-order valence-corrected chi connectivity index (χ1v) is 8.59. The molecule has 0 aliphatic rings. The molecule has 0 saturated carbocycles. The zero-order chi connectivity index (χ0) is 16.5. The van der Waals surface area contributed by atoms with Crippen molar-refractivity contribution < 1.29 is 9.47 Å². The number of methoxy groups -OCH3 is 2. The molecule has 0 amide bonds. The van der Waals surface area contributed by atoms with E-state index in [9.17, 15) is 0 Å². The summed E-state index contributed by atoms with van der Waals surface area (Å²) in [5.74, 6) is 1.51. The Morgan fingerprint density at radius 2 is 1.33 bits per heavy atom. The molecule has 0 atom stereocenters. The Kier molecular flexibility index (Phi) is 3.79. The molecule has 0 N–H and O–H groups in total. The Morgan fingerprint density at radius 3 is 2.08 bits per heavy atom. The minimum atomic E-state index is 0.754. The molecule has 0 spiro atoms. The van der Waals surface area contributed by atoms with Crippen LogP contribution < -0.4 is 9.47 Å². The summed E-state index contributed by atoms with van der Waals surface area (Å²) in [4.78, 5) is 0. The fourth-order valence-electron chi connectivity index (χ4n) is 3.08. The molecule has 1 heterocycles. The lowest BCUT2D eigenvalue weighted by atomic mass is 9.98. The van der Waals surface area contributed by atoms with Gasteiger partial charge in [0, 0.05) is 17.0 Å². The largest absolute Gasteiger partial charge is 0.493 e. The van der Waals surface area contributed by atoms with E-state index in [1.165, 1.54) is 31.3 Å². The van der Waals surface area contributed by atoms with Gasteiger partial charge in [-0.05, 0) is 17.7 Å². The Bertz CT molecular complexity index is 1030. The van der Waals surface area contributed by atoms with Gasteiger partial charge in [-0.2, -0.15) is 0 Å². The van der Waals surface area contributed by atoms with Gasteiger partial charge in [-0.3, -0.25) is 0 Å². The third-order valence-corrected chi connectivity index (χ3v) is 5.33. The highest BCUT2D eigenvalue weighted by molar-refractivity contribution is 7.24. The summed E-state index contributed by atoms with van der Waals surface area (Å²) in [6, 6.07) is 23.2. The molecular formula is C21H17O2S+. The Labute approximate surface area is 144 Å². The summed E-state index contributed by atoms with van der Waals surface area (Å²) in [6.45, 7) is 0. The lowest BCUT2D eigenvalue weighted by Crippen LogP contribution is -1.91. The maximum Gasteiger partial charge on any atom is 0.243 e. The Balaban J connectivity index is 2.18. The molecule has 0 fully saturated rings. The minimum Gasteiger partial charge on any atom is -0.493 e. The maximum atomic E-state index is 5.53. The van der Waals surface area contributed by atoms with Crippen LogP contribution in [0, 0.1) is 0 Å². The number of benzene rings is 3. The second-order valence-electron chi connectivity index (χ2n) is 5.54. The quantitative estimate of drug-likeness (QED) is 0.337. The first kappa shape index (κ1) is 14.9. The summed E-state index contributed by atoms with van der Waals surface area (Å²) in [5, 5.41) is 2.44. The Hall–Kier alpha value is -2.65. The standard InChI is InChI=1S/C21H17O2S/c1-22-17-12-16-20(13-18(17)23-2)24-19-11-7-6-10-15(19)21(16)14-8-4-3-5-9-14/h3-13H,1-2H3/q+1. The van der Waals surface area contributed by atoms with Gasteiger partial charge in [-0.1, -0.05) is 42.5 Å². The topological polar surface area (TPSA) is 18.5 Å². The van der Waals surface area contributed by atoms with Crippen molar-refractivity contribution in [1.29, 1.82) is 0 Å². The van der Waals surface area contributed by atoms with Crippen LogP contribution in [-0.4, -0.2) is 14.2 Å². The normalized spacial score (nSPS) is 10.9. The van der Waals surface area contributed by atoms with Crippen molar-refractivity contribution in [2.45, 2.75) is 0 Å². The summed E-state index contributed by atoms with van der Waals surface area (Å²) in [5.41, 5.74) is 2.44. The zero-order valence-electron chi connectivity index (χ0n) is 13.6. The second kappa shape index (κ2) is 6.10. The molecule has 3 heteroatoms. The molecular weight excluding hydrogens is 316 g/mol. The van der Waals surface area contributed by atoms with Crippen molar-refractivity contribution in [3.05, 3.63) is 66.7 Å². The lowest BCUT2D eigenvalue weighted by Gasteiger charge is -2.10. The third-order valence-electron chi connectivity index (χ3n) is 4.19. The van der Waals surface area contributed by atoms with Crippen LogP contribution in [-0.2, 0) is 0 Å². The van der Waals surface area contributed by atoms with Crippen LogP contribution in [0.1, 0.15) is 0 Å². The van der Waals surface area contributed by atoms with E-state index in [1.54, 1.807) is 25.6 Å². The van der Waals surface area contributed by atoms with E-state index in [0.29, 0.717) is 0 Å². The van der Waals surface area contributed by atoms with E-state index in [4.69, 9.17) is 9.47 Å². The highest BCUT2D eigenvalue weighted by Gasteiger charge is 2.21. The molecule has 0 aliphatic heterocycles. The van der Waals surface area contributed by atoms with Gasteiger partial charge in [-0.25, -0.2) is 0 Å². The van der Waals surface area contributed by atoms with Gasteiger partial charge in [0.15, 0.2) is 11.5 Å². The van der Waals surface area contributed by atoms with E-state index in [0.717, 1.165) is 11.5 Å². The number of ether oxygens (including phenoxy) is 2. The van der Waals surface area contributed by atoms with Gasteiger partial charge < -0.3 is 9.47 Å². The highest BCUT2D eigenvalue weighted by Crippen LogP contribution is 2.43. The summed E-state index contributed by atoms with van der Waals surface area (Å²) >= 11 is 1.77. The van der Waals surface area contributed by atoms with E-state index in [2.05, 4.69) is 60.7 Å². The van der Waals surface area contributed by atoms with Crippen LogP contribution in [0.4, 0.5) is 0 Å². The predicted molar refractivity (Wildman–Crippen MR) is 102 cm³/mol. The molecule has 4 rings (SSSR count). The van der Waals surface area contributed by atoms with Gasteiger partial charge in [0.1, 0.15) is 0 Å². The van der Waals surface area contributed by atoms with Gasteiger partial charge >= 0.3 is 0 Å². The van der Waals surface area contributed by atoms with Crippen LogP contribution in [0.2, 0.25) is 0 Å². The molecule has 118 valence electrons. The molecule has 24 heavy (non-hydrogen) atoms. The summed E-state index contributed by atoms with van der Waals surface area (Å²) in [7, 11) is 3.35. The fourth-order valence-corrected chi connectivity index (χ4v) is 4.18. The van der Waals surface area contributed by atoms with Crippen molar-refractivity contribution >= 4 is 31.5 Å². The Morgan fingerprint density at radius 1 is 0.667 bits per heavy atom. The van der Waals surface area contributed by atoms with Crippen molar-refractivity contribution in [3.8, 4) is 22.6 Å². The van der Waals surface area contributed by atoms with E-state index >= 15 is 0 Å². The predicted octanol–water partition coefficient (Wildman–Crippen LogP) is 6.02. The van der Waals surface area contributed by atoms with Gasteiger partial charge in [0.05, 0.1) is 25.7 Å². The molecule has 0 bridgehead atoms. The third kappa shape index (κ3) is 2.38. The molecule has 4 aromatic rings. The van der Waals surface area contributed by atoms with Crippen LogP contribution in [0.25, 0.3) is 31.3 Å². The number of hydrogen-bond acceptors (Lipinski definition) is 2. The van der Waals surface area contributed by atoms with Crippen LogP contribution in [0.3, 0.4) is 0 Å². The first-order chi connectivity index (χ1) is 11.8. The van der Waals surface area contributed by atoms with Crippen molar-refractivity contribution in [3.63, 3.8) is 0 Å². The van der Waals surface area contributed by atoms with E-state index < -0.39 is 0 Å². The smallest absolute Gasteiger partial charge is 0.243 e. The number of hydrogen-bond donors (Lipinski definition) is 0. The van der Waals surface area contributed by atoms with Crippen LogP contribution in [0.5, 0.6) is 11.5 Å². The molecule has 3 aromatic carbocycles. The molecule has 0 aliphatic carbocycles. The van der Waals surface area contributed by atoms with Crippen molar-refractivity contribution in [2.24, 2.45) is 0 Å². The lowest BCUT2D eigenvalue weighted by molar-refractivity contribution is 0.356. The monoisotopic (exact) mass is 333 g/mol. The van der Waals surface area contributed by atoms with Crippen LogP contribution in [0.15, 0.2) is 66.7 Å². The average Bonchev–Trinajstić information content (AvgIpc) is 2.65. The fraction of sp³-hybridized carbons (Fsp3) is 0.0952. The summed E-state index contributed by atoms with van der Waals surface area (Å²) < 4.78 is 13.5. The minimum absolute atomic E-state index is 0.754. The van der Waals surface area contributed by atoms with E-state index in [1.807, 2.05) is 6.07 Å². The zero-order valence-corrected chi connectivity index (χ0v) is 14.4. The van der Waals surface area contributed by atoms with E-state index in [-0.39, 0.29) is 0 Å². The van der Waals surface area contributed by atoms with Gasteiger partial charge in [0.2, 0.25) is 20.7 Å². The van der Waals surface area contributed by atoms with Gasteiger partial charge in [-0.15, -0.1) is 0 Å². The second-order valence-corrected chi connectivity index (χ2v) is 6.63. The van der Waals surface area contributed by atoms with Crippen molar-refractivity contribution in [2.75, 3.05) is 14.2 Å². The molecule has 0 unspecified atom stereocenters. The molecule has 2 nitrogen and oxygen atoms in total. The van der Waals surface area contributed by atoms with Crippen LogP contribution >= 0.6 is 11.3 Å². The average molecular weight is 333 g/mol. The maximum absolute atomic E-state index is 5.53. The molecule has 0 saturated heterocycles. The molecule has 0 radical (unpaired) electrons.